The van der Waals surface area contributed by atoms with Gasteiger partial charge < -0.3 is 13.6 Å². The highest BCUT2D eigenvalue weighted by Gasteiger charge is 2.44. The predicted molar refractivity (Wildman–Crippen MR) is 104 cm³/mol. The van der Waals surface area contributed by atoms with E-state index in [0.29, 0.717) is 18.3 Å². The number of hydrogen-bond acceptors (Lipinski definition) is 8. The summed E-state index contributed by atoms with van der Waals surface area (Å²) in [7, 11) is 1.34. The molecule has 1 amide bonds. The van der Waals surface area contributed by atoms with E-state index in [9.17, 15) is 9.35 Å². The van der Waals surface area contributed by atoms with Crippen molar-refractivity contribution in [1.82, 2.24) is 8.38 Å². The van der Waals surface area contributed by atoms with Crippen molar-refractivity contribution in [3.63, 3.8) is 0 Å². The van der Waals surface area contributed by atoms with Gasteiger partial charge in [0.05, 0.1) is 26.3 Å². The monoisotopic (exact) mass is 419 g/mol. The Kier molecular flexibility index (Phi) is 11.8. The van der Waals surface area contributed by atoms with Gasteiger partial charge in [0, 0.05) is 0 Å². The van der Waals surface area contributed by atoms with Crippen LogP contribution in [0.2, 0.25) is 0 Å². The quantitative estimate of drug-likeness (QED) is 0.140. The Morgan fingerprint density at radius 2 is 1.88 bits per heavy atom. The Labute approximate surface area is 156 Å². The largest absolute Gasteiger partial charge is 0.573 e. The highest BCUT2D eigenvalue weighted by atomic mass is 32.5. The lowest BCUT2D eigenvalue weighted by atomic mass is 10.4. The summed E-state index contributed by atoms with van der Waals surface area (Å²) in [5, 5.41) is 4.21. The van der Waals surface area contributed by atoms with Crippen molar-refractivity contribution < 1.29 is 23.2 Å². The summed E-state index contributed by atoms with van der Waals surface area (Å²) in [6, 6.07) is -0.276. The fourth-order valence-electron chi connectivity index (χ4n) is 1.41. The normalized spacial score (nSPS) is 14.2. The second-order valence-electron chi connectivity index (χ2n) is 4.60. The second-order valence-corrected chi connectivity index (χ2v) is 10.5. The molecule has 0 heterocycles. The standard InChI is InChI=1S/C12H26N3O5PS3/c1-8-18-21(22,19-9-2)15(10(3)4)24(17)14(6)12(16)20-13-11(5)23-7/h10H,8-9H2,1-7H3. The molecule has 0 saturated carbocycles. The van der Waals surface area contributed by atoms with Crippen molar-refractivity contribution in [2.45, 2.75) is 40.7 Å². The molecule has 0 aromatic carbocycles. The number of nitrogens with zero attached hydrogens (tertiary/aromatic N) is 3. The Morgan fingerprint density at radius 1 is 1.38 bits per heavy atom. The van der Waals surface area contributed by atoms with Crippen LogP contribution in [0.3, 0.4) is 0 Å². The van der Waals surface area contributed by atoms with Crippen LogP contribution in [-0.4, -0.2) is 56.6 Å². The van der Waals surface area contributed by atoms with Crippen molar-refractivity contribution in [3.8, 4) is 0 Å². The molecule has 0 aliphatic heterocycles. The molecule has 0 rings (SSSR count). The first-order valence-electron chi connectivity index (χ1n) is 7.28. The van der Waals surface area contributed by atoms with E-state index in [-0.39, 0.29) is 6.04 Å². The van der Waals surface area contributed by atoms with Gasteiger partial charge in [-0.2, -0.15) is 0 Å². The number of carbonyl (C=O) groups is 1. The van der Waals surface area contributed by atoms with E-state index < -0.39 is 24.3 Å². The molecule has 24 heavy (non-hydrogen) atoms. The Bertz CT molecular complexity index is 471. The molecule has 0 N–H and O–H groups in total. The van der Waals surface area contributed by atoms with Gasteiger partial charge in [-0.3, -0.25) is 4.84 Å². The van der Waals surface area contributed by atoms with E-state index in [1.807, 2.05) is 0 Å². The molecular weight excluding hydrogens is 393 g/mol. The third-order valence-electron chi connectivity index (χ3n) is 2.47. The summed E-state index contributed by atoms with van der Waals surface area (Å²) in [6.07, 6.45) is 0.942. The first-order valence-corrected chi connectivity index (χ1v) is 12.2. The van der Waals surface area contributed by atoms with Gasteiger partial charge in [-0.05, 0) is 56.8 Å². The van der Waals surface area contributed by atoms with E-state index in [1.54, 1.807) is 40.9 Å². The summed E-state index contributed by atoms with van der Waals surface area (Å²) in [6.45, 7) is 6.46. The molecule has 0 aromatic heterocycles. The Hall–Kier alpha value is 0.130. The van der Waals surface area contributed by atoms with Crippen molar-refractivity contribution in [2.75, 3.05) is 26.5 Å². The topological polar surface area (TPSA) is 86.7 Å². The molecule has 1 unspecified atom stereocenters. The van der Waals surface area contributed by atoms with Crippen LogP contribution in [0.25, 0.3) is 0 Å². The van der Waals surface area contributed by atoms with Gasteiger partial charge in [0.1, 0.15) is 5.04 Å². The molecule has 0 saturated heterocycles. The highest BCUT2D eigenvalue weighted by Crippen LogP contribution is 2.55. The first kappa shape index (κ1) is 24.1. The van der Waals surface area contributed by atoms with Crippen LogP contribution in [0.1, 0.15) is 34.6 Å². The third-order valence-corrected chi connectivity index (χ3v) is 9.14. The van der Waals surface area contributed by atoms with Gasteiger partial charge >= 0.3 is 12.7 Å². The lowest BCUT2D eigenvalue weighted by Gasteiger charge is -2.35. The number of hydrogen-bond donors (Lipinski definition) is 0. The van der Waals surface area contributed by atoms with E-state index in [0.717, 1.165) is 4.31 Å². The molecule has 0 radical (unpaired) electrons. The summed E-state index contributed by atoms with van der Waals surface area (Å²) in [4.78, 5) is 16.8. The van der Waals surface area contributed by atoms with Gasteiger partial charge in [0.15, 0.2) is 11.5 Å². The maximum atomic E-state index is 12.8. The zero-order valence-electron chi connectivity index (χ0n) is 15.0. The average Bonchev–Trinajstić information content (AvgIpc) is 2.51. The van der Waals surface area contributed by atoms with Gasteiger partial charge in [0.25, 0.3) is 0 Å². The fourth-order valence-corrected chi connectivity index (χ4v) is 6.83. The molecule has 0 aliphatic carbocycles. The van der Waals surface area contributed by atoms with E-state index >= 15 is 0 Å². The van der Waals surface area contributed by atoms with Gasteiger partial charge in [0.2, 0.25) is 0 Å². The number of thioether (sulfide) groups is 1. The van der Waals surface area contributed by atoms with Gasteiger partial charge in [-0.25, -0.2) is 4.79 Å². The Balaban J connectivity index is 5.36. The van der Waals surface area contributed by atoms with E-state index in [4.69, 9.17) is 25.7 Å². The minimum atomic E-state index is -3.00. The number of oxime groups is 1. The molecule has 0 fully saturated rings. The molecule has 142 valence electrons. The fraction of sp³-hybridized carbons (Fsp3) is 0.833. The van der Waals surface area contributed by atoms with Gasteiger partial charge in [-0.1, -0.05) is 5.16 Å². The van der Waals surface area contributed by atoms with Crippen molar-refractivity contribution in [1.29, 1.82) is 0 Å². The number of amides is 1. The van der Waals surface area contributed by atoms with Crippen LogP contribution in [0.4, 0.5) is 4.79 Å². The average molecular weight is 420 g/mol. The summed E-state index contributed by atoms with van der Waals surface area (Å²) >= 11 is 4.89. The predicted octanol–water partition coefficient (Wildman–Crippen LogP) is 3.34. The maximum absolute atomic E-state index is 12.8. The van der Waals surface area contributed by atoms with Crippen LogP contribution >= 0.6 is 18.4 Å². The SMILES string of the molecule is CCOP(=S)(OCC)N(C(C)C)[S+]([O-])N(C)C(=O)ON=C(C)SC. The third kappa shape index (κ3) is 7.17. The van der Waals surface area contributed by atoms with Gasteiger partial charge in [-0.15, -0.1) is 16.1 Å². The zero-order chi connectivity index (χ0) is 18.9. The molecule has 0 bridgehead atoms. The zero-order valence-corrected chi connectivity index (χ0v) is 18.4. The van der Waals surface area contributed by atoms with E-state index in [1.165, 1.54) is 22.9 Å². The summed E-state index contributed by atoms with van der Waals surface area (Å²) in [5.74, 6) is 0. The van der Waals surface area contributed by atoms with Crippen LogP contribution in [0, 0.1) is 0 Å². The highest BCUT2D eigenvalue weighted by molar-refractivity contribution is 8.13. The van der Waals surface area contributed by atoms with Crippen molar-refractivity contribution in [2.24, 2.45) is 5.16 Å². The van der Waals surface area contributed by atoms with Crippen LogP contribution in [0.5, 0.6) is 0 Å². The van der Waals surface area contributed by atoms with Crippen LogP contribution in [-0.2, 0) is 37.2 Å². The second kappa shape index (κ2) is 11.7. The number of rotatable bonds is 9. The van der Waals surface area contributed by atoms with Crippen molar-refractivity contribution >= 4 is 52.9 Å². The molecule has 8 nitrogen and oxygen atoms in total. The lowest BCUT2D eigenvalue weighted by Crippen LogP contribution is -2.46. The van der Waals surface area contributed by atoms with E-state index in [2.05, 4.69) is 5.16 Å². The maximum Gasteiger partial charge on any atom is 0.479 e. The smallest absolute Gasteiger partial charge is 0.479 e. The molecule has 12 heteroatoms. The molecule has 0 aromatic rings. The van der Waals surface area contributed by atoms with Crippen LogP contribution in [0.15, 0.2) is 5.16 Å². The first-order chi connectivity index (χ1) is 11.1. The minimum absolute atomic E-state index is 0.276. The minimum Gasteiger partial charge on any atom is -0.573 e. The summed E-state index contributed by atoms with van der Waals surface area (Å²) < 4.78 is 26.3. The number of carbonyl (C=O) groups excluding carboxylic acids is 1. The molecule has 0 spiro atoms. The van der Waals surface area contributed by atoms with Crippen LogP contribution < -0.4 is 0 Å². The summed E-state index contributed by atoms with van der Waals surface area (Å²) in [5.41, 5.74) is 0. The Morgan fingerprint density at radius 3 is 2.25 bits per heavy atom. The molecular formula is C12H26N3O5PS3. The molecule has 0 aliphatic rings. The lowest BCUT2D eigenvalue weighted by molar-refractivity contribution is 0.133. The van der Waals surface area contributed by atoms with Crippen molar-refractivity contribution in [3.05, 3.63) is 0 Å². The molecule has 1 atom stereocenters.